The first kappa shape index (κ1) is 27.6. The van der Waals surface area contributed by atoms with Crippen molar-refractivity contribution in [3.8, 4) is 0 Å². The zero-order chi connectivity index (χ0) is 24.4. The first-order chi connectivity index (χ1) is 16.6. The molecule has 0 aromatic heterocycles. The molecule has 0 aliphatic heterocycles. The molecule has 0 radical (unpaired) electrons. The topological polar surface area (TPSA) is 78.4 Å². The Hall–Kier alpha value is -2.66. The van der Waals surface area contributed by atoms with Crippen molar-refractivity contribution in [1.82, 2.24) is 10.6 Å². The van der Waals surface area contributed by atoms with Gasteiger partial charge in [-0.25, -0.2) is 0 Å². The van der Waals surface area contributed by atoms with Crippen molar-refractivity contribution >= 4 is 11.9 Å². The minimum atomic E-state index is -0.869. The third-order valence-electron chi connectivity index (χ3n) is 6.17. The summed E-state index contributed by atoms with van der Waals surface area (Å²) in [5.74, 6) is -0.922. The van der Waals surface area contributed by atoms with Crippen molar-refractivity contribution in [3.63, 3.8) is 0 Å². The number of amides is 1. The van der Waals surface area contributed by atoms with Gasteiger partial charge in [-0.15, -0.1) is 0 Å². The highest BCUT2D eigenvalue weighted by Gasteiger charge is 2.17. The van der Waals surface area contributed by atoms with Gasteiger partial charge < -0.3 is 15.7 Å². The van der Waals surface area contributed by atoms with Crippen LogP contribution < -0.4 is 10.6 Å². The van der Waals surface area contributed by atoms with Gasteiger partial charge in [-0.2, -0.15) is 0 Å². The normalized spacial score (nSPS) is 11.8. The fraction of sp³-hybridized carbons (Fsp3) is 0.517. The van der Waals surface area contributed by atoms with E-state index in [1.54, 1.807) is 12.1 Å². The molecule has 0 unspecified atom stereocenters. The van der Waals surface area contributed by atoms with Gasteiger partial charge in [0.25, 0.3) is 5.91 Å². The lowest BCUT2D eigenvalue weighted by Crippen LogP contribution is -2.38. The van der Waals surface area contributed by atoms with Crippen molar-refractivity contribution in [3.05, 3.63) is 71.3 Å². The van der Waals surface area contributed by atoms with Crippen molar-refractivity contribution in [2.45, 2.75) is 90.1 Å². The Bertz CT molecular complexity index is 821. The summed E-state index contributed by atoms with van der Waals surface area (Å²) in [5, 5.41) is 15.6. The van der Waals surface area contributed by atoms with Crippen LogP contribution in [0.4, 0.5) is 0 Å². The second-order valence-corrected chi connectivity index (χ2v) is 9.10. The number of hydrogen-bond acceptors (Lipinski definition) is 3. The van der Waals surface area contributed by atoms with Crippen LogP contribution in [0.15, 0.2) is 54.6 Å². The molecule has 0 bridgehead atoms. The van der Waals surface area contributed by atoms with Crippen LogP contribution in [0.1, 0.15) is 92.6 Å². The van der Waals surface area contributed by atoms with E-state index in [0.29, 0.717) is 25.1 Å². The summed E-state index contributed by atoms with van der Waals surface area (Å²) < 4.78 is 0. The van der Waals surface area contributed by atoms with Crippen molar-refractivity contribution in [1.29, 1.82) is 0 Å². The van der Waals surface area contributed by atoms with Crippen molar-refractivity contribution < 1.29 is 14.7 Å². The summed E-state index contributed by atoms with van der Waals surface area (Å²) in [6.45, 7) is 3.39. The van der Waals surface area contributed by atoms with Gasteiger partial charge in [0.1, 0.15) is 6.04 Å². The molecule has 2 aromatic rings. The molecule has 2 rings (SSSR count). The summed E-state index contributed by atoms with van der Waals surface area (Å²) >= 11 is 0. The van der Waals surface area contributed by atoms with Gasteiger partial charge in [-0.1, -0.05) is 107 Å². The Morgan fingerprint density at radius 3 is 1.94 bits per heavy atom. The second-order valence-electron chi connectivity index (χ2n) is 9.10. The Kier molecular flexibility index (Phi) is 13.7. The summed E-state index contributed by atoms with van der Waals surface area (Å²) in [6, 6.07) is 16.3. The van der Waals surface area contributed by atoms with Crippen LogP contribution in [-0.4, -0.2) is 29.6 Å². The summed E-state index contributed by atoms with van der Waals surface area (Å²) in [7, 11) is 0. The number of aliphatic carboxylic acids is 1. The van der Waals surface area contributed by atoms with Crippen LogP contribution in [0.2, 0.25) is 0 Å². The molecule has 1 amide bonds. The number of hydrogen-bond donors (Lipinski definition) is 3. The van der Waals surface area contributed by atoms with Crippen molar-refractivity contribution in [2.75, 3.05) is 6.54 Å². The van der Waals surface area contributed by atoms with Crippen LogP contribution in [0.5, 0.6) is 0 Å². The molecule has 2 aromatic carbocycles. The van der Waals surface area contributed by atoms with Gasteiger partial charge in [-0.05, 0) is 36.1 Å². The number of unbranched alkanes of at least 4 members (excludes halogenated alkanes) is 9. The van der Waals surface area contributed by atoms with Crippen LogP contribution >= 0.6 is 0 Å². The van der Waals surface area contributed by atoms with Crippen molar-refractivity contribution in [2.24, 2.45) is 0 Å². The Balaban J connectivity index is 1.62. The first-order valence-corrected chi connectivity index (χ1v) is 13.0. The average Bonchev–Trinajstić information content (AvgIpc) is 2.85. The number of rotatable bonds is 18. The zero-order valence-corrected chi connectivity index (χ0v) is 20.7. The lowest BCUT2D eigenvalue weighted by atomic mass is 10.1. The molecule has 0 aliphatic carbocycles. The Morgan fingerprint density at radius 2 is 1.35 bits per heavy atom. The molecule has 1 atom stereocenters. The fourth-order valence-corrected chi connectivity index (χ4v) is 4.03. The standard InChI is InChI=1S/C29H42N2O3/c1-2-3-4-5-6-7-8-9-10-14-21-30-28(32)26-19-17-25(18-20-26)23-31-27(29(33)34)22-24-15-12-11-13-16-24/h11-13,15-20,27,31H,2-10,14,21-23H2,1H3,(H,30,32)(H,33,34)/t27-/m1/s1. The molecule has 0 spiro atoms. The number of benzene rings is 2. The Labute approximate surface area is 205 Å². The number of carboxylic acids is 1. The van der Waals surface area contributed by atoms with Crippen LogP contribution in [-0.2, 0) is 17.8 Å². The average molecular weight is 467 g/mol. The SMILES string of the molecule is CCCCCCCCCCCCNC(=O)c1ccc(CN[C@H](Cc2ccccc2)C(=O)O)cc1. The third-order valence-corrected chi connectivity index (χ3v) is 6.17. The molecule has 5 nitrogen and oxygen atoms in total. The molecule has 0 heterocycles. The lowest BCUT2D eigenvalue weighted by molar-refractivity contribution is -0.139. The van der Waals surface area contributed by atoms with Gasteiger partial charge in [-0.3, -0.25) is 9.59 Å². The maximum absolute atomic E-state index is 12.4. The summed E-state index contributed by atoms with van der Waals surface area (Å²) in [5.41, 5.74) is 2.57. The molecule has 0 aliphatic rings. The largest absolute Gasteiger partial charge is 0.480 e. The number of carboxylic acid groups (broad SMARTS) is 1. The molecular weight excluding hydrogens is 424 g/mol. The van der Waals surface area contributed by atoms with E-state index in [0.717, 1.165) is 24.0 Å². The molecular formula is C29H42N2O3. The molecule has 0 saturated carbocycles. The molecule has 186 valence electrons. The summed E-state index contributed by atoms with van der Waals surface area (Å²) in [4.78, 5) is 24.0. The van der Waals surface area contributed by atoms with E-state index in [1.807, 2.05) is 42.5 Å². The van der Waals surface area contributed by atoms with E-state index >= 15 is 0 Å². The highest BCUT2D eigenvalue weighted by molar-refractivity contribution is 5.94. The maximum atomic E-state index is 12.4. The third kappa shape index (κ3) is 11.5. The first-order valence-electron chi connectivity index (χ1n) is 13.0. The maximum Gasteiger partial charge on any atom is 0.321 e. The van der Waals surface area contributed by atoms with Crippen LogP contribution in [0.25, 0.3) is 0 Å². The second kappa shape index (κ2) is 16.9. The smallest absolute Gasteiger partial charge is 0.321 e. The van der Waals surface area contributed by atoms with Gasteiger partial charge in [0.15, 0.2) is 0 Å². The monoisotopic (exact) mass is 466 g/mol. The number of nitrogens with one attached hydrogen (secondary N) is 2. The molecule has 5 heteroatoms. The lowest BCUT2D eigenvalue weighted by Gasteiger charge is -2.15. The van der Waals surface area contributed by atoms with Gasteiger partial charge in [0.05, 0.1) is 0 Å². The zero-order valence-electron chi connectivity index (χ0n) is 20.7. The van der Waals surface area contributed by atoms with Crippen LogP contribution in [0.3, 0.4) is 0 Å². The quantitative estimate of drug-likeness (QED) is 0.231. The highest BCUT2D eigenvalue weighted by Crippen LogP contribution is 2.11. The highest BCUT2D eigenvalue weighted by atomic mass is 16.4. The Morgan fingerprint density at radius 1 is 0.765 bits per heavy atom. The van der Waals surface area contributed by atoms with Gasteiger partial charge in [0, 0.05) is 18.7 Å². The van der Waals surface area contributed by atoms with E-state index in [9.17, 15) is 14.7 Å². The minimum Gasteiger partial charge on any atom is -0.480 e. The minimum absolute atomic E-state index is 0.0528. The number of carbonyl (C=O) groups excluding carboxylic acids is 1. The number of carbonyl (C=O) groups is 2. The van der Waals surface area contributed by atoms with E-state index in [4.69, 9.17) is 0 Å². The van der Waals surface area contributed by atoms with E-state index in [1.165, 1.54) is 51.4 Å². The predicted octanol–water partition coefficient (Wildman–Crippen LogP) is 6.12. The predicted molar refractivity (Wildman–Crippen MR) is 139 cm³/mol. The fourth-order valence-electron chi connectivity index (χ4n) is 4.03. The van der Waals surface area contributed by atoms with E-state index in [2.05, 4.69) is 17.6 Å². The van der Waals surface area contributed by atoms with E-state index in [-0.39, 0.29) is 5.91 Å². The van der Waals surface area contributed by atoms with Crippen LogP contribution in [0, 0.1) is 0 Å². The van der Waals surface area contributed by atoms with E-state index < -0.39 is 12.0 Å². The van der Waals surface area contributed by atoms with Gasteiger partial charge >= 0.3 is 5.97 Å². The molecule has 3 N–H and O–H groups in total. The van der Waals surface area contributed by atoms with Gasteiger partial charge in [0.2, 0.25) is 0 Å². The summed E-state index contributed by atoms with van der Waals surface area (Å²) in [6.07, 6.45) is 13.2. The molecule has 0 fully saturated rings. The molecule has 34 heavy (non-hydrogen) atoms. The molecule has 0 saturated heterocycles.